The van der Waals surface area contributed by atoms with Crippen molar-refractivity contribution in [2.45, 2.75) is 51.9 Å². The molecule has 1 saturated heterocycles. The van der Waals surface area contributed by atoms with Gasteiger partial charge in [-0.15, -0.1) is 0 Å². The molecule has 4 heterocycles. The first-order valence-corrected chi connectivity index (χ1v) is 10.7. The van der Waals surface area contributed by atoms with Gasteiger partial charge in [-0.3, -0.25) is 9.98 Å². The van der Waals surface area contributed by atoms with Crippen molar-refractivity contribution in [3.8, 4) is 0 Å². The molecule has 0 radical (unpaired) electrons. The normalized spacial score (nSPS) is 24.4. The molecule has 2 aliphatic heterocycles. The van der Waals surface area contributed by atoms with Gasteiger partial charge in [0, 0.05) is 43.0 Å². The highest BCUT2D eigenvalue weighted by molar-refractivity contribution is 8.14. The quantitative estimate of drug-likeness (QED) is 0.751. The van der Waals surface area contributed by atoms with Gasteiger partial charge in [-0.05, 0) is 44.0 Å². The van der Waals surface area contributed by atoms with Crippen LogP contribution in [0.15, 0.2) is 35.5 Å². The average Bonchev–Trinajstić information content (AvgIpc) is 3.33. The number of aliphatic imine (C=N–C) groups is 1. The molecular weight excluding hydrogens is 356 g/mol. The predicted molar refractivity (Wildman–Crippen MR) is 111 cm³/mol. The summed E-state index contributed by atoms with van der Waals surface area (Å²) in [5.41, 5.74) is 5.03. The fraction of sp³-hybridized carbons (Fsp3) is 0.524. The molecule has 0 amide bonds. The third kappa shape index (κ3) is 3.19. The summed E-state index contributed by atoms with van der Waals surface area (Å²) in [6.07, 6.45) is 3.02. The Morgan fingerprint density at radius 2 is 2.15 bits per heavy atom. The van der Waals surface area contributed by atoms with Gasteiger partial charge in [0.25, 0.3) is 0 Å². The van der Waals surface area contributed by atoms with E-state index in [0.717, 1.165) is 31.0 Å². The van der Waals surface area contributed by atoms with E-state index in [1.54, 1.807) is 7.11 Å². The Labute approximate surface area is 165 Å². The van der Waals surface area contributed by atoms with Crippen LogP contribution in [0.5, 0.6) is 0 Å². The fourth-order valence-corrected chi connectivity index (χ4v) is 5.68. The maximum absolute atomic E-state index is 5.32. The fourth-order valence-electron chi connectivity index (χ4n) is 4.34. The van der Waals surface area contributed by atoms with E-state index in [0.29, 0.717) is 6.04 Å². The van der Waals surface area contributed by atoms with Crippen LogP contribution in [0.3, 0.4) is 0 Å². The molecule has 2 aromatic heterocycles. The SMILES string of the molecule is CCC1CSC2=NC(c3ccccn3)C(c3cc(C)n(CCOC)c3C)N21. The Balaban J connectivity index is 1.78. The number of aromatic nitrogens is 2. The van der Waals surface area contributed by atoms with Gasteiger partial charge in [-0.2, -0.15) is 0 Å². The smallest absolute Gasteiger partial charge is 0.160 e. The first-order valence-electron chi connectivity index (χ1n) is 9.71. The van der Waals surface area contributed by atoms with Crippen LogP contribution in [0.25, 0.3) is 0 Å². The molecule has 0 bridgehead atoms. The van der Waals surface area contributed by atoms with Gasteiger partial charge in [0.05, 0.1) is 18.3 Å². The van der Waals surface area contributed by atoms with Gasteiger partial charge in [0.1, 0.15) is 6.04 Å². The molecule has 2 aromatic rings. The van der Waals surface area contributed by atoms with Crippen LogP contribution in [0.4, 0.5) is 0 Å². The minimum absolute atomic E-state index is 0.0550. The number of thioether (sulfide) groups is 1. The number of nitrogens with zero attached hydrogens (tertiary/aromatic N) is 4. The first kappa shape index (κ1) is 18.6. The summed E-state index contributed by atoms with van der Waals surface area (Å²) in [7, 11) is 1.76. The molecule has 2 aliphatic rings. The van der Waals surface area contributed by atoms with Crippen LogP contribution in [-0.2, 0) is 11.3 Å². The monoisotopic (exact) mass is 384 g/mol. The summed E-state index contributed by atoms with van der Waals surface area (Å²) in [6, 6.07) is 9.31. The largest absolute Gasteiger partial charge is 0.383 e. The molecule has 0 aromatic carbocycles. The molecule has 27 heavy (non-hydrogen) atoms. The number of methoxy groups -OCH3 is 1. The zero-order valence-corrected chi connectivity index (χ0v) is 17.4. The maximum Gasteiger partial charge on any atom is 0.160 e. The number of hydrogen-bond acceptors (Lipinski definition) is 5. The van der Waals surface area contributed by atoms with Crippen molar-refractivity contribution in [2.24, 2.45) is 4.99 Å². The zero-order valence-electron chi connectivity index (χ0n) is 16.6. The van der Waals surface area contributed by atoms with Crippen molar-refractivity contribution in [3.05, 3.63) is 53.1 Å². The molecule has 0 aliphatic carbocycles. The van der Waals surface area contributed by atoms with Crippen molar-refractivity contribution in [1.29, 1.82) is 0 Å². The lowest BCUT2D eigenvalue weighted by molar-refractivity contribution is 0.186. The average molecular weight is 385 g/mol. The molecule has 0 spiro atoms. The predicted octanol–water partition coefficient (Wildman–Crippen LogP) is 4.13. The molecule has 4 rings (SSSR count). The minimum atomic E-state index is 0.0550. The van der Waals surface area contributed by atoms with Crippen LogP contribution in [-0.4, -0.2) is 45.1 Å². The van der Waals surface area contributed by atoms with E-state index in [4.69, 9.17) is 9.73 Å². The van der Waals surface area contributed by atoms with E-state index < -0.39 is 0 Å². The molecule has 0 N–H and O–H groups in total. The van der Waals surface area contributed by atoms with Gasteiger partial charge in [-0.25, -0.2) is 0 Å². The summed E-state index contributed by atoms with van der Waals surface area (Å²) in [5, 5.41) is 1.18. The highest BCUT2D eigenvalue weighted by atomic mass is 32.2. The van der Waals surface area contributed by atoms with Crippen molar-refractivity contribution in [2.75, 3.05) is 19.5 Å². The Bertz CT molecular complexity index is 832. The van der Waals surface area contributed by atoms with E-state index in [1.165, 1.54) is 22.1 Å². The standard InChI is InChI=1S/C21H28N4OS/c1-5-16-13-27-21-23-19(18-8-6-7-9-22-18)20(25(16)21)17-12-14(2)24(15(17)3)10-11-26-4/h6-9,12,16,19-20H,5,10-11,13H2,1-4H3. The van der Waals surface area contributed by atoms with Crippen molar-refractivity contribution >= 4 is 16.9 Å². The highest BCUT2D eigenvalue weighted by Gasteiger charge is 2.46. The molecule has 5 nitrogen and oxygen atoms in total. The summed E-state index contributed by atoms with van der Waals surface area (Å²) < 4.78 is 7.69. The molecule has 144 valence electrons. The number of ether oxygens (including phenoxy) is 1. The van der Waals surface area contributed by atoms with Crippen molar-refractivity contribution in [3.63, 3.8) is 0 Å². The number of fused-ring (bicyclic) bond motifs is 1. The van der Waals surface area contributed by atoms with Gasteiger partial charge in [0.15, 0.2) is 5.17 Å². The lowest BCUT2D eigenvalue weighted by Gasteiger charge is -2.32. The van der Waals surface area contributed by atoms with E-state index in [9.17, 15) is 0 Å². The van der Waals surface area contributed by atoms with E-state index in [-0.39, 0.29) is 12.1 Å². The van der Waals surface area contributed by atoms with Crippen molar-refractivity contribution < 1.29 is 4.74 Å². The minimum Gasteiger partial charge on any atom is -0.383 e. The second-order valence-electron chi connectivity index (χ2n) is 7.31. The number of rotatable bonds is 6. The molecule has 6 heteroatoms. The number of amidine groups is 1. The van der Waals surface area contributed by atoms with E-state index >= 15 is 0 Å². The Morgan fingerprint density at radius 3 is 2.85 bits per heavy atom. The topological polar surface area (TPSA) is 42.6 Å². The van der Waals surface area contributed by atoms with Crippen LogP contribution < -0.4 is 0 Å². The van der Waals surface area contributed by atoms with Crippen LogP contribution in [0.1, 0.15) is 48.1 Å². The molecular formula is C21H28N4OS. The molecule has 0 saturated carbocycles. The summed E-state index contributed by atoms with van der Waals surface area (Å²) in [4.78, 5) is 12.3. The molecule has 3 atom stereocenters. The van der Waals surface area contributed by atoms with E-state index in [1.807, 2.05) is 24.0 Å². The van der Waals surface area contributed by atoms with Gasteiger partial charge >= 0.3 is 0 Å². The van der Waals surface area contributed by atoms with E-state index in [2.05, 4.69) is 53.4 Å². The lowest BCUT2D eigenvalue weighted by atomic mass is 9.95. The number of pyridine rings is 1. The maximum atomic E-state index is 5.32. The second kappa shape index (κ2) is 7.68. The third-order valence-corrected chi connectivity index (χ3v) is 6.91. The second-order valence-corrected chi connectivity index (χ2v) is 8.29. The summed E-state index contributed by atoms with van der Waals surface area (Å²) >= 11 is 1.89. The summed E-state index contributed by atoms with van der Waals surface area (Å²) in [5.74, 6) is 1.13. The van der Waals surface area contributed by atoms with Gasteiger partial charge in [-0.1, -0.05) is 24.8 Å². The number of aryl methyl sites for hydroxylation is 1. The zero-order chi connectivity index (χ0) is 19.0. The lowest BCUT2D eigenvalue weighted by Crippen LogP contribution is -2.35. The Morgan fingerprint density at radius 1 is 1.30 bits per heavy atom. The Kier molecular flexibility index (Phi) is 5.28. The first-order chi connectivity index (χ1) is 13.2. The van der Waals surface area contributed by atoms with Crippen LogP contribution >= 0.6 is 11.8 Å². The summed E-state index contributed by atoms with van der Waals surface area (Å²) in [6.45, 7) is 8.31. The molecule has 3 unspecified atom stereocenters. The third-order valence-electron chi connectivity index (χ3n) is 5.78. The van der Waals surface area contributed by atoms with Gasteiger partial charge < -0.3 is 14.2 Å². The van der Waals surface area contributed by atoms with Gasteiger partial charge in [0.2, 0.25) is 0 Å². The van der Waals surface area contributed by atoms with Crippen LogP contribution in [0, 0.1) is 13.8 Å². The van der Waals surface area contributed by atoms with Crippen molar-refractivity contribution in [1.82, 2.24) is 14.5 Å². The highest BCUT2D eigenvalue weighted by Crippen LogP contribution is 2.49. The number of hydrogen-bond donors (Lipinski definition) is 0. The molecule has 1 fully saturated rings. The Hall–Kier alpha value is -1.79. The van der Waals surface area contributed by atoms with Crippen LogP contribution in [0.2, 0.25) is 0 Å².